The highest BCUT2D eigenvalue weighted by Crippen LogP contribution is 2.37. The Morgan fingerprint density at radius 3 is 2.74 bits per heavy atom. The zero-order valence-corrected chi connectivity index (χ0v) is 14.5. The van der Waals surface area contributed by atoms with E-state index < -0.39 is 0 Å². The van der Waals surface area contributed by atoms with Gasteiger partial charge in [-0.05, 0) is 42.7 Å². The van der Waals surface area contributed by atoms with Crippen LogP contribution in [0.1, 0.15) is 43.5 Å². The van der Waals surface area contributed by atoms with Gasteiger partial charge in [0.2, 0.25) is 11.8 Å². The van der Waals surface area contributed by atoms with Crippen molar-refractivity contribution in [2.75, 3.05) is 26.2 Å². The molecular weight excluding hydrogens is 310 g/mol. The van der Waals surface area contributed by atoms with Crippen molar-refractivity contribution in [3.8, 4) is 0 Å². The molecule has 0 aliphatic carbocycles. The van der Waals surface area contributed by atoms with Crippen molar-refractivity contribution >= 4 is 23.2 Å². The first kappa shape index (κ1) is 16.5. The van der Waals surface area contributed by atoms with Gasteiger partial charge >= 0.3 is 0 Å². The van der Waals surface area contributed by atoms with Crippen LogP contribution in [0.15, 0.2) is 17.5 Å². The summed E-state index contributed by atoms with van der Waals surface area (Å²) in [6, 6.07) is 3.73. The van der Waals surface area contributed by atoms with Gasteiger partial charge in [-0.3, -0.25) is 9.59 Å². The fourth-order valence-electron chi connectivity index (χ4n) is 3.71. The summed E-state index contributed by atoms with van der Waals surface area (Å²) in [5, 5.41) is 8.34. The zero-order chi connectivity index (χ0) is 16.3. The average molecular weight is 335 g/mol. The molecule has 3 heterocycles. The Morgan fingerprint density at radius 2 is 2.17 bits per heavy atom. The SMILES string of the molecule is CC(=O)NC(CC(=O)N1CCC2(CCNC2)CC1)c1cccs1. The van der Waals surface area contributed by atoms with Crippen LogP contribution < -0.4 is 10.6 Å². The maximum Gasteiger partial charge on any atom is 0.225 e. The number of piperidine rings is 1. The predicted molar refractivity (Wildman–Crippen MR) is 91.2 cm³/mol. The lowest BCUT2D eigenvalue weighted by Crippen LogP contribution is -2.45. The lowest BCUT2D eigenvalue weighted by Gasteiger charge is -2.39. The number of hydrogen-bond donors (Lipinski definition) is 2. The van der Waals surface area contributed by atoms with Crippen molar-refractivity contribution in [3.05, 3.63) is 22.4 Å². The molecule has 1 aromatic rings. The Bertz CT molecular complexity index is 542. The van der Waals surface area contributed by atoms with E-state index in [-0.39, 0.29) is 17.9 Å². The fourth-order valence-corrected chi connectivity index (χ4v) is 4.49. The van der Waals surface area contributed by atoms with E-state index in [0.717, 1.165) is 43.9 Å². The lowest BCUT2D eigenvalue weighted by atomic mass is 9.78. The molecule has 126 valence electrons. The van der Waals surface area contributed by atoms with Crippen molar-refractivity contribution in [2.24, 2.45) is 5.41 Å². The molecule has 0 saturated carbocycles. The van der Waals surface area contributed by atoms with Crippen LogP contribution >= 0.6 is 11.3 Å². The molecule has 2 fully saturated rings. The quantitative estimate of drug-likeness (QED) is 0.884. The first-order chi connectivity index (χ1) is 11.1. The van der Waals surface area contributed by atoms with Crippen molar-refractivity contribution in [3.63, 3.8) is 0 Å². The summed E-state index contributed by atoms with van der Waals surface area (Å²) in [6.07, 6.45) is 3.77. The minimum atomic E-state index is -0.205. The van der Waals surface area contributed by atoms with Crippen LogP contribution in [-0.4, -0.2) is 42.9 Å². The summed E-state index contributed by atoms with van der Waals surface area (Å²) in [5.41, 5.74) is 0.418. The molecule has 1 aromatic heterocycles. The van der Waals surface area contributed by atoms with Crippen LogP contribution in [0.2, 0.25) is 0 Å². The molecule has 6 heteroatoms. The van der Waals surface area contributed by atoms with E-state index in [4.69, 9.17) is 0 Å². The zero-order valence-electron chi connectivity index (χ0n) is 13.6. The van der Waals surface area contributed by atoms with Crippen molar-refractivity contribution in [1.82, 2.24) is 15.5 Å². The molecule has 2 N–H and O–H groups in total. The highest BCUT2D eigenvalue weighted by atomic mass is 32.1. The fraction of sp³-hybridized carbons (Fsp3) is 0.647. The van der Waals surface area contributed by atoms with Gasteiger partial charge in [0.25, 0.3) is 0 Å². The first-order valence-electron chi connectivity index (χ1n) is 8.37. The third kappa shape index (κ3) is 3.93. The molecule has 5 nitrogen and oxygen atoms in total. The Morgan fingerprint density at radius 1 is 1.39 bits per heavy atom. The second kappa shape index (κ2) is 7.01. The Balaban J connectivity index is 1.58. The molecule has 2 aliphatic heterocycles. The predicted octanol–water partition coefficient (Wildman–Crippen LogP) is 1.92. The number of thiophene rings is 1. The van der Waals surface area contributed by atoms with E-state index in [0.29, 0.717) is 11.8 Å². The molecule has 2 amide bonds. The number of amides is 2. The monoisotopic (exact) mass is 335 g/mol. The third-order valence-electron chi connectivity index (χ3n) is 5.15. The largest absolute Gasteiger partial charge is 0.348 e. The van der Waals surface area contributed by atoms with Gasteiger partial charge in [0.1, 0.15) is 0 Å². The molecule has 2 aliphatic rings. The van der Waals surface area contributed by atoms with Gasteiger partial charge in [0.05, 0.1) is 12.5 Å². The minimum absolute atomic E-state index is 0.0918. The van der Waals surface area contributed by atoms with E-state index in [9.17, 15) is 9.59 Å². The second-order valence-electron chi connectivity index (χ2n) is 6.78. The minimum Gasteiger partial charge on any atom is -0.348 e. The number of nitrogens with one attached hydrogen (secondary N) is 2. The lowest BCUT2D eigenvalue weighted by molar-refractivity contribution is -0.134. The average Bonchev–Trinajstić information content (AvgIpc) is 3.19. The van der Waals surface area contributed by atoms with Crippen LogP contribution in [0.25, 0.3) is 0 Å². The number of hydrogen-bond acceptors (Lipinski definition) is 4. The molecule has 2 saturated heterocycles. The van der Waals surface area contributed by atoms with Crippen LogP contribution in [0.3, 0.4) is 0 Å². The summed E-state index contributed by atoms with van der Waals surface area (Å²) in [5.74, 6) is 0.0591. The molecular formula is C17H25N3O2S. The van der Waals surface area contributed by atoms with Crippen molar-refractivity contribution < 1.29 is 9.59 Å². The van der Waals surface area contributed by atoms with Gasteiger partial charge in [-0.2, -0.15) is 0 Å². The summed E-state index contributed by atoms with van der Waals surface area (Å²) in [4.78, 5) is 27.1. The summed E-state index contributed by atoms with van der Waals surface area (Å²) < 4.78 is 0. The normalized spacial score (nSPS) is 21.3. The Kier molecular flexibility index (Phi) is 5.02. The van der Waals surface area contributed by atoms with Crippen molar-refractivity contribution in [1.29, 1.82) is 0 Å². The van der Waals surface area contributed by atoms with Crippen LogP contribution in [0.5, 0.6) is 0 Å². The van der Waals surface area contributed by atoms with E-state index in [2.05, 4.69) is 10.6 Å². The molecule has 1 atom stereocenters. The maximum atomic E-state index is 12.7. The third-order valence-corrected chi connectivity index (χ3v) is 6.14. The Labute approximate surface area is 141 Å². The van der Waals surface area contributed by atoms with Gasteiger partial charge in [-0.1, -0.05) is 6.07 Å². The van der Waals surface area contributed by atoms with Gasteiger partial charge in [0.15, 0.2) is 0 Å². The van der Waals surface area contributed by atoms with Crippen LogP contribution in [0, 0.1) is 5.41 Å². The molecule has 1 spiro atoms. The molecule has 3 rings (SSSR count). The standard InChI is InChI=1S/C17H25N3O2S/c1-13(21)19-14(15-3-2-10-23-15)11-16(22)20-8-5-17(6-9-20)4-7-18-12-17/h2-3,10,14,18H,4-9,11-12H2,1H3,(H,19,21). The van der Waals surface area contributed by atoms with Gasteiger partial charge in [0, 0.05) is 31.4 Å². The molecule has 0 radical (unpaired) electrons. The smallest absolute Gasteiger partial charge is 0.225 e. The molecule has 23 heavy (non-hydrogen) atoms. The van der Waals surface area contributed by atoms with E-state index in [1.54, 1.807) is 11.3 Å². The van der Waals surface area contributed by atoms with Gasteiger partial charge < -0.3 is 15.5 Å². The Hall–Kier alpha value is -1.40. The molecule has 0 bridgehead atoms. The number of rotatable bonds is 4. The van der Waals surface area contributed by atoms with Crippen LogP contribution in [-0.2, 0) is 9.59 Å². The van der Waals surface area contributed by atoms with E-state index in [1.165, 1.54) is 13.3 Å². The van der Waals surface area contributed by atoms with E-state index in [1.807, 2.05) is 22.4 Å². The molecule has 0 aromatic carbocycles. The topological polar surface area (TPSA) is 61.4 Å². The summed E-state index contributed by atoms with van der Waals surface area (Å²) >= 11 is 1.58. The number of nitrogens with zero attached hydrogens (tertiary/aromatic N) is 1. The second-order valence-corrected chi connectivity index (χ2v) is 7.76. The summed E-state index contributed by atoms with van der Waals surface area (Å²) in [6.45, 7) is 5.40. The highest BCUT2D eigenvalue weighted by molar-refractivity contribution is 7.10. The van der Waals surface area contributed by atoms with Crippen molar-refractivity contribution in [2.45, 2.75) is 38.6 Å². The van der Waals surface area contributed by atoms with Crippen LogP contribution in [0.4, 0.5) is 0 Å². The number of carbonyl (C=O) groups excluding carboxylic acids is 2. The van der Waals surface area contributed by atoms with Gasteiger partial charge in [-0.25, -0.2) is 0 Å². The summed E-state index contributed by atoms with van der Waals surface area (Å²) in [7, 11) is 0. The number of likely N-dealkylation sites (tertiary alicyclic amines) is 1. The highest BCUT2D eigenvalue weighted by Gasteiger charge is 2.38. The molecule has 1 unspecified atom stereocenters. The number of carbonyl (C=O) groups is 2. The van der Waals surface area contributed by atoms with E-state index >= 15 is 0 Å². The maximum absolute atomic E-state index is 12.7. The first-order valence-corrected chi connectivity index (χ1v) is 9.25. The van der Waals surface area contributed by atoms with Gasteiger partial charge in [-0.15, -0.1) is 11.3 Å².